The SMILES string of the molecule is O=C1[C@H]2[C@@H]3C=C[C@H]([C@@H]4C[C@H]34)[C@@H]2C(=O)N1CCO. The minimum Gasteiger partial charge on any atom is -0.395 e. The van der Waals surface area contributed by atoms with E-state index < -0.39 is 0 Å². The molecule has 2 bridgehead atoms. The smallest absolute Gasteiger partial charge is 0.233 e. The van der Waals surface area contributed by atoms with E-state index in [9.17, 15) is 9.59 Å². The molecule has 6 atom stereocenters. The van der Waals surface area contributed by atoms with E-state index in [0.29, 0.717) is 11.8 Å². The highest BCUT2D eigenvalue weighted by atomic mass is 16.3. The van der Waals surface area contributed by atoms with Crippen LogP contribution in [-0.2, 0) is 9.59 Å². The average Bonchev–Trinajstić information content (AvgIpc) is 3.11. The quantitative estimate of drug-likeness (QED) is 0.541. The Morgan fingerprint density at radius 2 is 1.65 bits per heavy atom. The fraction of sp³-hybridized carbons (Fsp3) is 0.692. The zero-order valence-electron chi connectivity index (χ0n) is 9.45. The molecule has 5 rings (SSSR count). The number of allylic oxidation sites excluding steroid dienone is 2. The summed E-state index contributed by atoms with van der Waals surface area (Å²) in [5.74, 6) is 1.55. The van der Waals surface area contributed by atoms with E-state index in [1.807, 2.05) is 0 Å². The number of imide groups is 1. The minimum absolute atomic E-state index is 0.0428. The molecule has 1 aliphatic heterocycles. The molecular formula is C13H15NO3. The highest BCUT2D eigenvalue weighted by molar-refractivity contribution is 6.06. The second-order valence-corrected chi connectivity index (χ2v) is 5.71. The van der Waals surface area contributed by atoms with Crippen molar-refractivity contribution in [3.05, 3.63) is 12.2 Å². The lowest BCUT2D eigenvalue weighted by atomic mass is 9.63. The largest absolute Gasteiger partial charge is 0.395 e. The second kappa shape index (κ2) is 2.99. The third kappa shape index (κ3) is 1.03. The lowest BCUT2D eigenvalue weighted by molar-refractivity contribution is -0.140. The first-order valence-electron chi connectivity index (χ1n) is 6.38. The number of hydrogen-bond acceptors (Lipinski definition) is 3. The lowest BCUT2D eigenvalue weighted by Gasteiger charge is -2.37. The third-order valence-corrected chi connectivity index (χ3v) is 5.08. The molecule has 0 aromatic heterocycles. The maximum absolute atomic E-state index is 12.3. The standard InChI is InChI=1S/C13H15NO3/c15-4-3-14-12(16)10-6-1-2-7(9-5-8(6)9)11(10)13(14)17/h1-2,6-11,15H,3-5H2/t6-,7-,8-,9+,10+,11+/m1/s1. The van der Waals surface area contributed by atoms with Gasteiger partial charge in [0.25, 0.3) is 0 Å². The van der Waals surface area contributed by atoms with Crippen LogP contribution in [0.2, 0.25) is 0 Å². The van der Waals surface area contributed by atoms with E-state index in [-0.39, 0.29) is 48.6 Å². The van der Waals surface area contributed by atoms with Crippen molar-refractivity contribution in [1.29, 1.82) is 0 Å². The summed E-state index contributed by atoms with van der Waals surface area (Å²) in [6.45, 7) is 0.0337. The van der Waals surface area contributed by atoms with Gasteiger partial charge in [-0.15, -0.1) is 0 Å². The Morgan fingerprint density at radius 3 is 2.12 bits per heavy atom. The van der Waals surface area contributed by atoms with Gasteiger partial charge in [0, 0.05) is 0 Å². The van der Waals surface area contributed by atoms with Crippen molar-refractivity contribution in [3.8, 4) is 0 Å². The molecule has 0 aromatic rings. The summed E-state index contributed by atoms with van der Waals surface area (Å²) in [7, 11) is 0. The predicted octanol–water partition coefficient (Wildman–Crippen LogP) is 0.0318. The molecule has 90 valence electrons. The van der Waals surface area contributed by atoms with Crippen LogP contribution < -0.4 is 0 Å². The van der Waals surface area contributed by atoms with Crippen LogP contribution in [0, 0.1) is 35.5 Å². The van der Waals surface area contributed by atoms with Crippen molar-refractivity contribution in [2.45, 2.75) is 6.42 Å². The molecule has 1 saturated heterocycles. The molecule has 0 aromatic carbocycles. The lowest BCUT2D eigenvalue weighted by Crippen LogP contribution is -2.40. The number of carbonyl (C=O) groups is 2. The minimum atomic E-state index is -0.132. The van der Waals surface area contributed by atoms with Gasteiger partial charge in [-0.3, -0.25) is 14.5 Å². The van der Waals surface area contributed by atoms with E-state index in [4.69, 9.17) is 5.11 Å². The number of nitrogens with zero attached hydrogens (tertiary/aromatic N) is 1. The van der Waals surface area contributed by atoms with Crippen molar-refractivity contribution in [2.24, 2.45) is 35.5 Å². The first kappa shape index (κ1) is 9.83. The van der Waals surface area contributed by atoms with Gasteiger partial charge in [0.2, 0.25) is 11.8 Å². The van der Waals surface area contributed by atoms with Crippen LogP contribution >= 0.6 is 0 Å². The molecule has 17 heavy (non-hydrogen) atoms. The van der Waals surface area contributed by atoms with E-state index in [2.05, 4.69) is 12.2 Å². The van der Waals surface area contributed by atoms with Crippen molar-refractivity contribution in [1.82, 2.24) is 4.90 Å². The van der Waals surface area contributed by atoms with Crippen LogP contribution in [0.1, 0.15) is 6.42 Å². The van der Waals surface area contributed by atoms with Crippen molar-refractivity contribution in [2.75, 3.05) is 13.2 Å². The summed E-state index contributed by atoms with van der Waals surface area (Å²) >= 11 is 0. The Kier molecular flexibility index (Phi) is 1.73. The van der Waals surface area contributed by atoms with Crippen LogP contribution in [0.25, 0.3) is 0 Å². The van der Waals surface area contributed by atoms with Crippen molar-refractivity contribution < 1.29 is 14.7 Å². The number of aliphatic hydroxyl groups is 1. The third-order valence-electron chi connectivity index (χ3n) is 5.08. The molecule has 1 N–H and O–H groups in total. The molecule has 2 amide bonds. The highest BCUT2D eigenvalue weighted by Gasteiger charge is 2.66. The van der Waals surface area contributed by atoms with Gasteiger partial charge in [0.05, 0.1) is 25.0 Å². The van der Waals surface area contributed by atoms with Crippen molar-refractivity contribution >= 4 is 11.8 Å². The van der Waals surface area contributed by atoms with Gasteiger partial charge < -0.3 is 5.11 Å². The number of rotatable bonds is 2. The first-order chi connectivity index (χ1) is 8.24. The zero-order valence-corrected chi connectivity index (χ0v) is 9.45. The summed E-state index contributed by atoms with van der Waals surface area (Å²) in [6, 6.07) is 0. The van der Waals surface area contributed by atoms with Gasteiger partial charge in [0.1, 0.15) is 0 Å². The van der Waals surface area contributed by atoms with Gasteiger partial charge >= 0.3 is 0 Å². The maximum Gasteiger partial charge on any atom is 0.233 e. The Balaban J connectivity index is 1.74. The van der Waals surface area contributed by atoms with Crippen LogP contribution in [-0.4, -0.2) is 35.0 Å². The maximum atomic E-state index is 12.3. The average molecular weight is 233 g/mol. The zero-order chi connectivity index (χ0) is 11.7. The number of likely N-dealkylation sites (tertiary alicyclic amines) is 1. The number of β-amino-alcohol motifs (C(OH)–C–C–N with tert-alkyl or cyclic N) is 1. The number of aliphatic hydroxyl groups excluding tert-OH is 1. The molecular weight excluding hydrogens is 218 g/mol. The summed E-state index contributed by atoms with van der Waals surface area (Å²) in [6.07, 6.45) is 5.51. The summed E-state index contributed by atoms with van der Waals surface area (Å²) < 4.78 is 0. The van der Waals surface area contributed by atoms with Crippen LogP contribution in [0.3, 0.4) is 0 Å². The van der Waals surface area contributed by atoms with Crippen molar-refractivity contribution in [3.63, 3.8) is 0 Å². The van der Waals surface area contributed by atoms with Gasteiger partial charge in [-0.1, -0.05) is 12.2 Å². The van der Waals surface area contributed by atoms with Gasteiger partial charge in [-0.25, -0.2) is 0 Å². The highest BCUT2D eigenvalue weighted by Crippen LogP contribution is 2.65. The van der Waals surface area contributed by atoms with Gasteiger partial charge in [0.15, 0.2) is 0 Å². The summed E-state index contributed by atoms with van der Waals surface area (Å²) in [5, 5.41) is 8.94. The normalized spacial score (nSPS) is 49.6. The summed E-state index contributed by atoms with van der Waals surface area (Å²) in [5.41, 5.74) is 0. The number of hydrogen-bond donors (Lipinski definition) is 1. The molecule has 5 aliphatic rings. The van der Waals surface area contributed by atoms with E-state index in [1.165, 1.54) is 11.3 Å². The molecule has 0 spiro atoms. The molecule has 3 fully saturated rings. The molecule has 2 saturated carbocycles. The summed E-state index contributed by atoms with van der Waals surface area (Å²) in [4.78, 5) is 25.8. The molecule has 4 nitrogen and oxygen atoms in total. The monoisotopic (exact) mass is 233 g/mol. The van der Waals surface area contributed by atoms with E-state index in [0.717, 1.165) is 0 Å². The Morgan fingerprint density at radius 1 is 1.12 bits per heavy atom. The molecule has 4 aliphatic carbocycles. The molecule has 0 radical (unpaired) electrons. The molecule has 0 unspecified atom stereocenters. The van der Waals surface area contributed by atoms with Crippen LogP contribution in [0.4, 0.5) is 0 Å². The Labute approximate surface area is 99.3 Å². The Bertz CT molecular complexity index is 408. The van der Waals surface area contributed by atoms with Gasteiger partial charge in [-0.05, 0) is 30.1 Å². The predicted molar refractivity (Wildman–Crippen MR) is 58.5 cm³/mol. The van der Waals surface area contributed by atoms with Gasteiger partial charge in [-0.2, -0.15) is 0 Å². The number of amides is 2. The fourth-order valence-electron chi connectivity index (χ4n) is 4.34. The molecule has 1 heterocycles. The van der Waals surface area contributed by atoms with E-state index in [1.54, 1.807) is 0 Å². The Hall–Kier alpha value is -1.16. The topological polar surface area (TPSA) is 57.6 Å². The fourth-order valence-corrected chi connectivity index (χ4v) is 4.34. The first-order valence-corrected chi connectivity index (χ1v) is 6.38. The van der Waals surface area contributed by atoms with Crippen LogP contribution in [0.5, 0.6) is 0 Å². The van der Waals surface area contributed by atoms with Crippen LogP contribution in [0.15, 0.2) is 12.2 Å². The van der Waals surface area contributed by atoms with E-state index >= 15 is 0 Å². The second-order valence-electron chi connectivity index (χ2n) is 5.71. The molecule has 4 heteroatoms. The number of carbonyl (C=O) groups excluding carboxylic acids is 2.